The number of nitrogens with zero attached hydrogens (tertiary/aromatic N) is 2. The molecule has 0 saturated carbocycles. The van der Waals surface area contributed by atoms with Crippen LogP contribution in [0.1, 0.15) is 18.9 Å². The lowest BCUT2D eigenvalue weighted by molar-refractivity contribution is 0.317. The van der Waals surface area contributed by atoms with Gasteiger partial charge in [0.15, 0.2) is 0 Å². The molecule has 0 saturated heterocycles. The molecule has 15 heavy (non-hydrogen) atoms. The van der Waals surface area contributed by atoms with Crippen LogP contribution in [-0.2, 0) is 6.42 Å². The van der Waals surface area contributed by atoms with Crippen molar-refractivity contribution < 1.29 is 5.21 Å². The molecule has 0 amide bonds. The summed E-state index contributed by atoms with van der Waals surface area (Å²) in [6, 6.07) is 8.42. The standard InChI is InChI=1S/C12H18N2O/c1-10(13-15)4-5-11-6-8-12(9-7-11)14(2)3/h6-9,15H,4-5H2,1-3H3. The summed E-state index contributed by atoms with van der Waals surface area (Å²) < 4.78 is 0. The van der Waals surface area contributed by atoms with Gasteiger partial charge in [-0.3, -0.25) is 0 Å². The van der Waals surface area contributed by atoms with Crippen molar-refractivity contribution in [1.82, 2.24) is 0 Å². The third-order valence-corrected chi connectivity index (χ3v) is 2.40. The van der Waals surface area contributed by atoms with E-state index in [1.807, 2.05) is 21.0 Å². The summed E-state index contributed by atoms with van der Waals surface area (Å²) in [5.41, 5.74) is 3.24. The second kappa shape index (κ2) is 5.39. The number of anilines is 1. The van der Waals surface area contributed by atoms with Crippen LogP contribution < -0.4 is 4.90 Å². The highest BCUT2D eigenvalue weighted by Gasteiger charge is 1.98. The van der Waals surface area contributed by atoms with Gasteiger partial charge in [0.25, 0.3) is 0 Å². The summed E-state index contributed by atoms with van der Waals surface area (Å²) in [6.45, 7) is 1.83. The number of benzene rings is 1. The van der Waals surface area contributed by atoms with Gasteiger partial charge in [-0.15, -0.1) is 0 Å². The summed E-state index contributed by atoms with van der Waals surface area (Å²) in [5.74, 6) is 0. The van der Waals surface area contributed by atoms with Crippen LogP contribution in [0, 0.1) is 0 Å². The molecule has 0 radical (unpaired) electrons. The molecule has 3 heteroatoms. The van der Waals surface area contributed by atoms with E-state index < -0.39 is 0 Å². The number of oxime groups is 1. The molecule has 1 N–H and O–H groups in total. The first-order valence-electron chi connectivity index (χ1n) is 5.07. The number of rotatable bonds is 4. The third kappa shape index (κ3) is 3.62. The second-order valence-electron chi connectivity index (χ2n) is 3.90. The fourth-order valence-corrected chi connectivity index (χ4v) is 1.34. The van der Waals surface area contributed by atoms with Gasteiger partial charge in [0.05, 0.1) is 5.71 Å². The van der Waals surface area contributed by atoms with Gasteiger partial charge in [0.2, 0.25) is 0 Å². The number of aryl methyl sites for hydroxylation is 1. The average molecular weight is 206 g/mol. The number of hydrogen-bond acceptors (Lipinski definition) is 3. The molecule has 1 rings (SSSR count). The summed E-state index contributed by atoms with van der Waals surface area (Å²) >= 11 is 0. The molecule has 0 heterocycles. The Bertz CT molecular complexity index is 328. The van der Waals surface area contributed by atoms with Gasteiger partial charge < -0.3 is 10.1 Å². The van der Waals surface area contributed by atoms with E-state index in [9.17, 15) is 0 Å². The Balaban J connectivity index is 2.57. The van der Waals surface area contributed by atoms with Gasteiger partial charge in [-0.25, -0.2) is 0 Å². The second-order valence-corrected chi connectivity index (χ2v) is 3.90. The van der Waals surface area contributed by atoms with Gasteiger partial charge in [-0.05, 0) is 37.5 Å². The lowest BCUT2D eigenvalue weighted by Gasteiger charge is -2.12. The Morgan fingerprint density at radius 3 is 2.33 bits per heavy atom. The molecule has 0 aliphatic heterocycles. The quantitative estimate of drug-likeness (QED) is 0.467. The maximum Gasteiger partial charge on any atom is 0.0543 e. The van der Waals surface area contributed by atoms with Crippen molar-refractivity contribution in [3.8, 4) is 0 Å². The molecule has 0 aromatic heterocycles. The first kappa shape index (κ1) is 11.6. The van der Waals surface area contributed by atoms with E-state index in [1.165, 1.54) is 11.3 Å². The molecule has 0 bridgehead atoms. The predicted octanol–water partition coefficient (Wildman–Crippen LogP) is 2.54. The smallest absolute Gasteiger partial charge is 0.0543 e. The van der Waals surface area contributed by atoms with Crippen molar-refractivity contribution in [2.24, 2.45) is 5.16 Å². The van der Waals surface area contributed by atoms with Crippen molar-refractivity contribution in [2.75, 3.05) is 19.0 Å². The van der Waals surface area contributed by atoms with Crippen LogP contribution in [0.5, 0.6) is 0 Å². The van der Waals surface area contributed by atoms with E-state index in [0.29, 0.717) is 0 Å². The molecule has 0 aliphatic carbocycles. The van der Waals surface area contributed by atoms with E-state index in [1.54, 1.807) is 0 Å². The van der Waals surface area contributed by atoms with Gasteiger partial charge >= 0.3 is 0 Å². The monoisotopic (exact) mass is 206 g/mol. The maximum atomic E-state index is 8.51. The predicted molar refractivity (Wildman–Crippen MR) is 64.0 cm³/mol. The van der Waals surface area contributed by atoms with E-state index in [4.69, 9.17) is 5.21 Å². The summed E-state index contributed by atoms with van der Waals surface area (Å²) in [4.78, 5) is 2.07. The summed E-state index contributed by atoms with van der Waals surface area (Å²) in [5, 5.41) is 11.7. The normalized spacial score (nSPS) is 11.5. The Morgan fingerprint density at radius 1 is 1.27 bits per heavy atom. The molecule has 3 nitrogen and oxygen atoms in total. The average Bonchev–Trinajstić information content (AvgIpc) is 2.26. The Morgan fingerprint density at radius 2 is 1.87 bits per heavy atom. The highest BCUT2D eigenvalue weighted by molar-refractivity contribution is 5.81. The largest absolute Gasteiger partial charge is 0.411 e. The van der Waals surface area contributed by atoms with Crippen LogP contribution in [0.2, 0.25) is 0 Å². The molecule has 1 aromatic rings. The van der Waals surface area contributed by atoms with E-state index in [2.05, 4.69) is 34.3 Å². The fourth-order valence-electron chi connectivity index (χ4n) is 1.34. The first-order chi connectivity index (χ1) is 7.13. The molecule has 0 aliphatic rings. The number of hydrogen-bond donors (Lipinski definition) is 1. The fraction of sp³-hybridized carbons (Fsp3) is 0.417. The van der Waals surface area contributed by atoms with E-state index in [-0.39, 0.29) is 0 Å². The zero-order valence-corrected chi connectivity index (χ0v) is 9.57. The zero-order chi connectivity index (χ0) is 11.3. The Labute approximate surface area is 91.0 Å². The minimum Gasteiger partial charge on any atom is -0.411 e. The minimum atomic E-state index is 0.770. The summed E-state index contributed by atoms with van der Waals surface area (Å²) in [7, 11) is 4.05. The molecular weight excluding hydrogens is 188 g/mol. The minimum absolute atomic E-state index is 0.770. The molecule has 82 valence electrons. The highest BCUT2D eigenvalue weighted by Crippen LogP contribution is 2.13. The molecule has 0 atom stereocenters. The van der Waals surface area contributed by atoms with Crippen LogP contribution in [0.4, 0.5) is 5.69 Å². The van der Waals surface area contributed by atoms with Gasteiger partial charge in [-0.1, -0.05) is 17.3 Å². The lowest BCUT2D eigenvalue weighted by atomic mass is 10.1. The van der Waals surface area contributed by atoms with E-state index >= 15 is 0 Å². The van der Waals surface area contributed by atoms with Gasteiger partial charge in [0, 0.05) is 19.8 Å². The zero-order valence-electron chi connectivity index (χ0n) is 9.57. The van der Waals surface area contributed by atoms with E-state index in [0.717, 1.165) is 18.6 Å². The van der Waals surface area contributed by atoms with Crippen molar-refractivity contribution in [3.63, 3.8) is 0 Å². The van der Waals surface area contributed by atoms with Gasteiger partial charge in [-0.2, -0.15) is 0 Å². The lowest BCUT2D eigenvalue weighted by Crippen LogP contribution is -2.08. The van der Waals surface area contributed by atoms with Crippen LogP contribution in [0.25, 0.3) is 0 Å². The Kier molecular flexibility index (Phi) is 4.16. The maximum absolute atomic E-state index is 8.51. The molecule has 0 unspecified atom stereocenters. The van der Waals surface area contributed by atoms with Crippen LogP contribution in [0.3, 0.4) is 0 Å². The highest BCUT2D eigenvalue weighted by atomic mass is 16.4. The van der Waals surface area contributed by atoms with Crippen molar-refractivity contribution in [3.05, 3.63) is 29.8 Å². The third-order valence-electron chi connectivity index (χ3n) is 2.40. The Hall–Kier alpha value is -1.51. The van der Waals surface area contributed by atoms with Crippen LogP contribution in [0.15, 0.2) is 29.4 Å². The molecular formula is C12H18N2O. The van der Waals surface area contributed by atoms with Crippen LogP contribution in [-0.4, -0.2) is 25.0 Å². The van der Waals surface area contributed by atoms with Crippen molar-refractivity contribution in [1.29, 1.82) is 0 Å². The van der Waals surface area contributed by atoms with Gasteiger partial charge in [0.1, 0.15) is 0 Å². The molecule has 1 aromatic carbocycles. The van der Waals surface area contributed by atoms with Crippen molar-refractivity contribution >= 4 is 11.4 Å². The first-order valence-corrected chi connectivity index (χ1v) is 5.07. The van der Waals surface area contributed by atoms with Crippen molar-refractivity contribution in [2.45, 2.75) is 19.8 Å². The summed E-state index contributed by atoms with van der Waals surface area (Å²) in [6.07, 6.45) is 1.72. The SMILES string of the molecule is CC(CCc1ccc(N(C)C)cc1)=NO. The van der Waals surface area contributed by atoms with Crippen LogP contribution >= 0.6 is 0 Å². The molecule has 0 spiro atoms. The topological polar surface area (TPSA) is 35.8 Å². The molecule has 0 fully saturated rings.